The van der Waals surface area contributed by atoms with Crippen molar-refractivity contribution in [3.8, 4) is 0 Å². The normalized spacial score (nSPS) is 12.0. The van der Waals surface area contributed by atoms with Crippen LogP contribution >= 0.6 is 23.2 Å². The van der Waals surface area contributed by atoms with E-state index in [-0.39, 0.29) is 11.7 Å². The first kappa shape index (κ1) is 15.5. The number of nitro benzene ring substituents is 1. The molecule has 0 aliphatic rings. The van der Waals surface area contributed by atoms with Gasteiger partial charge in [0.2, 0.25) is 5.82 Å². The lowest BCUT2D eigenvalue weighted by atomic mass is 10.1. The largest absolute Gasteiger partial charge is 0.373 e. The summed E-state index contributed by atoms with van der Waals surface area (Å²) in [6.45, 7) is 1.77. The van der Waals surface area contributed by atoms with Gasteiger partial charge in [0.1, 0.15) is 5.69 Å². The molecule has 0 saturated carbocycles. The second-order valence-corrected chi connectivity index (χ2v) is 5.27. The van der Waals surface area contributed by atoms with Crippen molar-refractivity contribution in [2.24, 2.45) is 0 Å². The zero-order chi connectivity index (χ0) is 15.6. The van der Waals surface area contributed by atoms with E-state index in [1.807, 2.05) is 0 Å². The first-order chi connectivity index (χ1) is 9.90. The van der Waals surface area contributed by atoms with Gasteiger partial charge in [-0.05, 0) is 36.8 Å². The zero-order valence-electron chi connectivity index (χ0n) is 10.9. The highest BCUT2D eigenvalue weighted by molar-refractivity contribution is 6.35. The van der Waals surface area contributed by atoms with Gasteiger partial charge in [-0.1, -0.05) is 35.3 Å². The third kappa shape index (κ3) is 3.43. The Kier molecular flexibility index (Phi) is 4.65. The lowest BCUT2D eigenvalue weighted by Crippen LogP contribution is -2.09. The molecule has 0 aromatic heterocycles. The smallest absolute Gasteiger partial charge is 0.327 e. The van der Waals surface area contributed by atoms with E-state index in [9.17, 15) is 14.5 Å². The first-order valence-electron chi connectivity index (χ1n) is 6.04. The minimum absolute atomic E-state index is 0.0958. The summed E-state index contributed by atoms with van der Waals surface area (Å²) in [5.41, 5.74) is 0.215. The highest BCUT2D eigenvalue weighted by atomic mass is 35.5. The van der Waals surface area contributed by atoms with Crippen molar-refractivity contribution >= 4 is 34.6 Å². The topological polar surface area (TPSA) is 55.2 Å². The van der Waals surface area contributed by atoms with E-state index in [1.165, 1.54) is 12.1 Å². The molecule has 4 nitrogen and oxygen atoms in total. The molecule has 0 fully saturated rings. The van der Waals surface area contributed by atoms with Crippen LogP contribution in [0.5, 0.6) is 0 Å². The van der Waals surface area contributed by atoms with E-state index in [0.717, 1.165) is 6.07 Å². The quantitative estimate of drug-likeness (QED) is 0.618. The Hall–Kier alpha value is -1.85. The fraction of sp³-hybridized carbons (Fsp3) is 0.143. The number of halogens is 3. The molecule has 1 unspecified atom stereocenters. The summed E-state index contributed by atoms with van der Waals surface area (Å²) in [5, 5.41) is 14.8. The second kappa shape index (κ2) is 6.28. The average molecular weight is 329 g/mol. The molecule has 1 atom stereocenters. The molecule has 0 heterocycles. The Labute approximate surface area is 130 Å². The number of hydrogen-bond donors (Lipinski definition) is 1. The van der Waals surface area contributed by atoms with Gasteiger partial charge in [0.25, 0.3) is 0 Å². The van der Waals surface area contributed by atoms with Gasteiger partial charge in [-0.15, -0.1) is 0 Å². The van der Waals surface area contributed by atoms with Crippen LogP contribution in [-0.4, -0.2) is 4.92 Å². The molecule has 0 spiro atoms. The molecule has 7 heteroatoms. The molecule has 0 radical (unpaired) electrons. The number of hydrogen-bond acceptors (Lipinski definition) is 3. The number of nitro groups is 1. The van der Waals surface area contributed by atoms with Gasteiger partial charge >= 0.3 is 5.69 Å². The van der Waals surface area contributed by atoms with E-state index in [1.54, 1.807) is 25.1 Å². The molecular formula is C14H11Cl2FN2O2. The van der Waals surface area contributed by atoms with E-state index >= 15 is 0 Å². The Morgan fingerprint density at radius 1 is 1.29 bits per heavy atom. The maximum atomic E-state index is 13.6. The van der Waals surface area contributed by atoms with Crippen LogP contribution in [0.2, 0.25) is 10.0 Å². The molecule has 0 amide bonds. The van der Waals surface area contributed by atoms with Crippen LogP contribution in [0.15, 0.2) is 36.4 Å². The molecule has 0 bridgehead atoms. The van der Waals surface area contributed by atoms with Gasteiger partial charge in [0.15, 0.2) is 0 Å². The number of anilines is 1. The third-order valence-electron chi connectivity index (χ3n) is 2.97. The van der Waals surface area contributed by atoms with Crippen molar-refractivity contribution in [2.75, 3.05) is 5.32 Å². The number of benzene rings is 2. The van der Waals surface area contributed by atoms with Gasteiger partial charge in [0, 0.05) is 10.0 Å². The summed E-state index contributed by atoms with van der Waals surface area (Å²) in [6.07, 6.45) is 0. The first-order valence-corrected chi connectivity index (χ1v) is 6.80. The van der Waals surface area contributed by atoms with Crippen LogP contribution in [0.25, 0.3) is 0 Å². The Morgan fingerprint density at radius 2 is 2.00 bits per heavy atom. The highest BCUT2D eigenvalue weighted by Gasteiger charge is 2.21. The predicted molar refractivity (Wildman–Crippen MR) is 81.6 cm³/mol. The lowest BCUT2D eigenvalue weighted by molar-refractivity contribution is -0.386. The maximum absolute atomic E-state index is 13.6. The molecule has 0 aliphatic carbocycles. The maximum Gasteiger partial charge on any atom is 0.327 e. The highest BCUT2D eigenvalue weighted by Crippen LogP contribution is 2.33. The van der Waals surface area contributed by atoms with Crippen molar-refractivity contribution in [1.29, 1.82) is 0 Å². The summed E-state index contributed by atoms with van der Waals surface area (Å²) in [4.78, 5) is 10.2. The Morgan fingerprint density at radius 3 is 2.62 bits per heavy atom. The fourth-order valence-electron chi connectivity index (χ4n) is 1.98. The fourth-order valence-corrected chi connectivity index (χ4v) is 2.55. The van der Waals surface area contributed by atoms with Crippen LogP contribution in [-0.2, 0) is 0 Å². The minimum atomic E-state index is -0.889. The van der Waals surface area contributed by atoms with Crippen molar-refractivity contribution in [1.82, 2.24) is 0 Å². The molecule has 1 N–H and O–H groups in total. The Bertz CT molecular complexity index is 695. The molecule has 21 heavy (non-hydrogen) atoms. The third-order valence-corrected chi connectivity index (χ3v) is 3.53. The van der Waals surface area contributed by atoms with Gasteiger partial charge in [-0.25, -0.2) is 0 Å². The molecule has 2 aromatic carbocycles. The lowest BCUT2D eigenvalue weighted by Gasteiger charge is -2.17. The molecular weight excluding hydrogens is 318 g/mol. The average Bonchev–Trinajstić information content (AvgIpc) is 2.37. The molecule has 110 valence electrons. The van der Waals surface area contributed by atoms with Crippen LogP contribution in [0.4, 0.5) is 15.8 Å². The van der Waals surface area contributed by atoms with Crippen molar-refractivity contribution in [3.63, 3.8) is 0 Å². The predicted octanol–water partition coefficient (Wildman–Crippen LogP) is 5.21. The summed E-state index contributed by atoms with van der Waals surface area (Å²) >= 11 is 11.9. The Balaban J connectivity index is 2.34. The molecule has 2 rings (SSSR count). The molecule has 2 aromatic rings. The SMILES string of the molecule is CC(Nc1cccc(F)c1[N+](=O)[O-])c1ccc(Cl)cc1Cl. The van der Waals surface area contributed by atoms with Gasteiger partial charge in [-0.2, -0.15) is 4.39 Å². The number of para-hydroxylation sites is 1. The van der Waals surface area contributed by atoms with Crippen LogP contribution in [0, 0.1) is 15.9 Å². The van der Waals surface area contributed by atoms with E-state index in [2.05, 4.69) is 5.32 Å². The summed E-state index contributed by atoms with van der Waals surface area (Å²) in [6, 6.07) is 8.51. The number of rotatable bonds is 4. The monoisotopic (exact) mass is 328 g/mol. The summed E-state index contributed by atoms with van der Waals surface area (Å²) < 4.78 is 13.6. The van der Waals surface area contributed by atoms with E-state index in [0.29, 0.717) is 15.6 Å². The van der Waals surface area contributed by atoms with Gasteiger partial charge < -0.3 is 5.32 Å². The standard InChI is InChI=1S/C14H11Cl2FN2O2/c1-8(10-6-5-9(15)7-11(10)16)18-13-4-2-3-12(17)14(13)19(20)21/h2-8,18H,1H3. The summed E-state index contributed by atoms with van der Waals surface area (Å²) in [7, 11) is 0. The number of nitrogens with one attached hydrogen (secondary N) is 1. The van der Waals surface area contributed by atoms with Gasteiger partial charge in [0.05, 0.1) is 11.0 Å². The van der Waals surface area contributed by atoms with Crippen LogP contribution < -0.4 is 5.32 Å². The molecule has 0 saturated heterocycles. The van der Waals surface area contributed by atoms with Crippen molar-refractivity contribution < 1.29 is 9.31 Å². The van der Waals surface area contributed by atoms with Crippen molar-refractivity contribution in [3.05, 3.63) is 67.9 Å². The second-order valence-electron chi connectivity index (χ2n) is 4.42. The van der Waals surface area contributed by atoms with Crippen LogP contribution in [0.3, 0.4) is 0 Å². The molecule has 0 aliphatic heterocycles. The van der Waals surface area contributed by atoms with Crippen LogP contribution in [0.1, 0.15) is 18.5 Å². The number of nitrogens with zero attached hydrogens (tertiary/aromatic N) is 1. The van der Waals surface area contributed by atoms with Gasteiger partial charge in [-0.3, -0.25) is 10.1 Å². The van der Waals surface area contributed by atoms with Crippen molar-refractivity contribution in [2.45, 2.75) is 13.0 Å². The summed E-state index contributed by atoms with van der Waals surface area (Å²) in [5.74, 6) is -0.889. The van der Waals surface area contributed by atoms with E-state index < -0.39 is 16.4 Å². The van der Waals surface area contributed by atoms with E-state index in [4.69, 9.17) is 23.2 Å². The minimum Gasteiger partial charge on any atom is -0.373 e. The zero-order valence-corrected chi connectivity index (χ0v) is 12.5.